The zero-order chi connectivity index (χ0) is 15.0. The van der Waals surface area contributed by atoms with E-state index in [4.69, 9.17) is 5.11 Å². The zero-order valence-corrected chi connectivity index (χ0v) is 10.5. The summed E-state index contributed by atoms with van der Waals surface area (Å²) in [5, 5.41) is 8.29. The molecule has 0 aromatic heterocycles. The second kappa shape index (κ2) is 8.65. The average Bonchev–Trinajstić information content (AvgIpc) is 2.21. The molecule has 0 saturated heterocycles. The molecule has 19 heavy (non-hydrogen) atoms. The summed E-state index contributed by atoms with van der Waals surface area (Å²) in [6.45, 7) is -1.04. The molecule has 0 heterocycles. The molecule has 3 unspecified atom stereocenters. The van der Waals surface area contributed by atoms with Gasteiger partial charge in [-0.05, 0) is 0 Å². The van der Waals surface area contributed by atoms with Crippen molar-refractivity contribution in [2.45, 2.75) is 12.5 Å². The Kier molecular flexibility index (Phi) is 8.01. The van der Waals surface area contributed by atoms with Crippen molar-refractivity contribution in [3.63, 3.8) is 0 Å². The van der Waals surface area contributed by atoms with Crippen LogP contribution in [0.1, 0.15) is 6.42 Å². The molecule has 0 bridgehead atoms. The van der Waals surface area contributed by atoms with Crippen molar-refractivity contribution in [1.29, 1.82) is 0 Å². The molecular formula is C6H6O11S2-2. The summed E-state index contributed by atoms with van der Waals surface area (Å²) < 4.78 is 51.8. The number of carboxylic acid groups (broad SMARTS) is 1. The summed E-state index contributed by atoms with van der Waals surface area (Å²) >= 11 is -6.45. The minimum atomic E-state index is -3.26. The number of aliphatic carboxylic acids is 1. The molecule has 0 aromatic rings. The third kappa shape index (κ3) is 9.20. The van der Waals surface area contributed by atoms with E-state index in [-0.39, 0.29) is 0 Å². The highest BCUT2D eigenvalue weighted by Crippen LogP contribution is 2.05. The molecule has 0 fully saturated rings. The minimum Gasteiger partial charge on any atom is -0.740 e. The topological polar surface area (TPSA) is 179 Å². The van der Waals surface area contributed by atoms with Gasteiger partial charge >= 0.3 is 17.9 Å². The van der Waals surface area contributed by atoms with Crippen molar-refractivity contribution in [2.24, 2.45) is 0 Å². The Morgan fingerprint density at radius 1 is 1.11 bits per heavy atom. The van der Waals surface area contributed by atoms with Crippen LogP contribution < -0.4 is 0 Å². The quantitative estimate of drug-likeness (QED) is 0.468. The number of carbonyl (C=O) groups is 3. The van der Waals surface area contributed by atoms with Gasteiger partial charge in [-0.1, -0.05) is 0 Å². The van der Waals surface area contributed by atoms with Crippen LogP contribution in [-0.4, -0.2) is 53.2 Å². The lowest BCUT2D eigenvalue weighted by atomic mass is 10.2. The van der Waals surface area contributed by atoms with Crippen LogP contribution >= 0.6 is 0 Å². The third-order valence-corrected chi connectivity index (χ3v) is 1.96. The number of ether oxygens (including phenoxy) is 1. The highest BCUT2D eigenvalue weighted by Gasteiger charge is 2.27. The van der Waals surface area contributed by atoms with Crippen LogP contribution in [0.15, 0.2) is 0 Å². The van der Waals surface area contributed by atoms with E-state index >= 15 is 0 Å². The molecule has 0 aromatic carbocycles. The highest BCUT2D eigenvalue weighted by molar-refractivity contribution is 7.74. The fourth-order valence-electron chi connectivity index (χ4n) is 0.764. The maximum atomic E-state index is 11.1. The van der Waals surface area contributed by atoms with Crippen LogP contribution in [0.25, 0.3) is 0 Å². The molecular weight excluding hydrogens is 312 g/mol. The van der Waals surface area contributed by atoms with Crippen molar-refractivity contribution < 1.29 is 50.1 Å². The van der Waals surface area contributed by atoms with Gasteiger partial charge in [-0.15, -0.1) is 0 Å². The lowest BCUT2D eigenvalue weighted by Gasteiger charge is -2.15. The molecule has 0 rings (SSSR count). The van der Waals surface area contributed by atoms with E-state index in [1.807, 2.05) is 0 Å². The number of rotatable bonds is 8. The van der Waals surface area contributed by atoms with E-state index in [0.717, 1.165) is 0 Å². The first-order chi connectivity index (χ1) is 8.72. The summed E-state index contributed by atoms with van der Waals surface area (Å²) in [7, 11) is 0. The number of hydrogen-bond acceptors (Lipinski definition) is 10. The van der Waals surface area contributed by atoms with E-state index in [1.54, 1.807) is 0 Å². The van der Waals surface area contributed by atoms with E-state index in [9.17, 15) is 31.9 Å². The molecule has 0 aliphatic rings. The Morgan fingerprint density at radius 3 is 2.05 bits per heavy atom. The van der Waals surface area contributed by atoms with E-state index in [2.05, 4.69) is 13.1 Å². The van der Waals surface area contributed by atoms with Gasteiger partial charge < -0.3 is 27.3 Å². The van der Waals surface area contributed by atoms with Crippen molar-refractivity contribution in [1.82, 2.24) is 0 Å². The van der Waals surface area contributed by atoms with Crippen LogP contribution in [-0.2, 0) is 50.2 Å². The standard InChI is InChI=1S/C6H8O11S2/c7-4(8)2-15-3(6(10)17-19(13)14)1-5(9)16-18(11)12/h3H,1-2H2,(H,7,8)(H,11,12)(H,13,14)/p-2. The fraction of sp³-hybridized carbons (Fsp3) is 0.500. The molecule has 3 atom stereocenters. The molecule has 110 valence electrons. The Bertz CT molecular complexity index is 404. The van der Waals surface area contributed by atoms with Crippen LogP contribution in [0.4, 0.5) is 0 Å². The van der Waals surface area contributed by atoms with Gasteiger partial charge in [0, 0.05) is 0 Å². The molecule has 0 aliphatic heterocycles. The number of hydrogen-bond donors (Lipinski definition) is 1. The van der Waals surface area contributed by atoms with Gasteiger partial charge in [-0.3, -0.25) is 4.79 Å². The first-order valence-corrected chi connectivity index (χ1v) is 6.17. The van der Waals surface area contributed by atoms with Gasteiger partial charge in [-0.2, -0.15) is 0 Å². The summed E-state index contributed by atoms with van der Waals surface area (Å²) in [5.41, 5.74) is 0. The molecule has 13 heteroatoms. The Hall–Kier alpha value is -1.41. The highest BCUT2D eigenvalue weighted by atomic mass is 32.2. The Morgan fingerprint density at radius 2 is 1.63 bits per heavy atom. The van der Waals surface area contributed by atoms with E-state index in [1.165, 1.54) is 0 Å². The van der Waals surface area contributed by atoms with E-state index < -0.39 is 59.8 Å². The predicted molar refractivity (Wildman–Crippen MR) is 52.0 cm³/mol. The van der Waals surface area contributed by atoms with Crippen molar-refractivity contribution in [3.05, 3.63) is 0 Å². The van der Waals surface area contributed by atoms with E-state index in [0.29, 0.717) is 0 Å². The second-order valence-electron chi connectivity index (χ2n) is 2.66. The maximum absolute atomic E-state index is 11.1. The zero-order valence-electron chi connectivity index (χ0n) is 8.84. The monoisotopic (exact) mass is 318 g/mol. The van der Waals surface area contributed by atoms with Gasteiger partial charge in [-0.25, -0.2) is 18.0 Å². The van der Waals surface area contributed by atoms with Crippen molar-refractivity contribution >= 4 is 40.6 Å². The molecule has 11 nitrogen and oxygen atoms in total. The lowest BCUT2D eigenvalue weighted by Crippen LogP contribution is -2.32. The maximum Gasteiger partial charge on any atom is 0.349 e. The van der Waals surface area contributed by atoms with Crippen LogP contribution in [0.2, 0.25) is 0 Å². The van der Waals surface area contributed by atoms with Crippen LogP contribution in [0.5, 0.6) is 0 Å². The normalized spacial score (nSPS) is 15.1. The van der Waals surface area contributed by atoms with Crippen LogP contribution in [0.3, 0.4) is 0 Å². The minimum absolute atomic E-state index is 1.04. The van der Waals surface area contributed by atoms with Crippen molar-refractivity contribution in [3.8, 4) is 0 Å². The SMILES string of the molecule is O=C(O)COC(CC(=O)OS(=O)[O-])C(=O)OS(=O)[O-]. The lowest BCUT2D eigenvalue weighted by molar-refractivity contribution is -0.158. The molecule has 0 spiro atoms. The first-order valence-electron chi connectivity index (χ1n) is 4.17. The predicted octanol–water partition coefficient (Wildman–Crippen LogP) is -2.48. The van der Waals surface area contributed by atoms with Gasteiger partial charge in [0.05, 0.1) is 6.42 Å². The molecule has 1 N–H and O–H groups in total. The molecule has 0 amide bonds. The van der Waals surface area contributed by atoms with Gasteiger partial charge in [0.1, 0.15) is 29.3 Å². The van der Waals surface area contributed by atoms with Gasteiger partial charge in [0.25, 0.3) is 0 Å². The average molecular weight is 318 g/mol. The molecule has 0 radical (unpaired) electrons. The van der Waals surface area contributed by atoms with Crippen LogP contribution in [0, 0.1) is 0 Å². The second-order valence-corrected chi connectivity index (χ2v) is 3.81. The third-order valence-electron chi connectivity index (χ3n) is 1.33. The van der Waals surface area contributed by atoms with Crippen molar-refractivity contribution in [2.75, 3.05) is 6.61 Å². The number of carboxylic acids is 1. The smallest absolute Gasteiger partial charge is 0.349 e. The molecule has 0 aliphatic carbocycles. The summed E-state index contributed by atoms with van der Waals surface area (Å²) in [4.78, 5) is 32.2. The largest absolute Gasteiger partial charge is 0.740 e. The Balaban J connectivity index is 4.60. The Labute approximate surface area is 110 Å². The van der Waals surface area contributed by atoms with Gasteiger partial charge in [0.2, 0.25) is 0 Å². The summed E-state index contributed by atoms with van der Waals surface area (Å²) in [6.07, 6.45) is -2.98. The van der Waals surface area contributed by atoms with Gasteiger partial charge in [0.15, 0.2) is 6.10 Å². The molecule has 0 saturated carbocycles. The number of carbonyl (C=O) groups excluding carboxylic acids is 2. The summed E-state index contributed by atoms with van der Waals surface area (Å²) in [6, 6.07) is 0. The first kappa shape index (κ1) is 17.6. The summed E-state index contributed by atoms with van der Waals surface area (Å²) in [5.74, 6) is -4.57. The fourth-order valence-corrected chi connectivity index (χ4v) is 1.23.